The Morgan fingerprint density at radius 2 is 2.31 bits per heavy atom. The predicted octanol–water partition coefficient (Wildman–Crippen LogP) is 2.16. The zero-order valence-corrected chi connectivity index (χ0v) is 7.25. The first kappa shape index (κ1) is 7.86. The topological polar surface area (TPSA) is 40.7 Å². The van der Waals surface area contributed by atoms with Crippen LogP contribution >= 0.6 is 0 Å². The van der Waals surface area contributed by atoms with Gasteiger partial charge in [0.05, 0.1) is 11.0 Å². The molecule has 2 aromatic rings. The minimum absolute atomic E-state index is 0.722. The van der Waals surface area contributed by atoms with Crippen LogP contribution in [0.5, 0.6) is 0 Å². The van der Waals surface area contributed by atoms with Crippen molar-refractivity contribution >= 4 is 17.0 Å². The average Bonchev–Trinajstić information content (AvgIpc) is 2.57. The Morgan fingerprint density at radius 3 is 3.08 bits per heavy atom. The number of aromatic amines is 1. The molecule has 2 N–H and O–H groups in total. The van der Waals surface area contributed by atoms with Crippen LogP contribution in [0.4, 0.5) is 5.95 Å². The SMILES string of the molecule is C=CCNc1nc2ccccc2[nH]1. The van der Waals surface area contributed by atoms with Gasteiger partial charge in [-0.15, -0.1) is 6.58 Å². The minimum Gasteiger partial charge on any atom is -0.352 e. The zero-order chi connectivity index (χ0) is 9.10. The molecule has 0 saturated carbocycles. The fraction of sp³-hybridized carbons (Fsp3) is 0.100. The Morgan fingerprint density at radius 1 is 1.46 bits per heavy atom. The highest BCUT2D eigenvalue weighted by Crippen LogP contribution is 2.12. The summed E-state index contributed by atoms with van der Waals surface area (Å²) in [5, 5.41) is 3.10. The van der Waals surface area contributed by atoms with Gasteiger partial charge in [-0.25, -0.2) is 4.98 Å². The summed E-state index contributed by atoms with van der Waals surface area (Å²) < 4.78 is 0. The molecule has 0 aliphatic carbocycles. The number of anilines is 1. The molecule has 0 amide bonds. The summed E-state index contributed by atoms with van der Waals surface area (Å²) in [5.41, 5.74) is 2.03. The Bertz CT molecular complexity index is 384. The summed E-state index contributed by atoms with van der Waals surface area (Å²) in [6.45, 7) is 4.35. The van der Waals surface area contributed by atoms with E-state index in [1.807, 2.05) is 24.3 Å². The van der Waals surface area contributed by atoms with Crippen molar-refractivity contribution in [2.45, 2.75) is 0 Å². The molecule has 0 spiro atoms. The van der Waals surface area contributed by atoms with Crippen molar-refractivity contribution in [1.82, 2.24) is 9.97 Å². The van der Waals surface area contributed by atoms with Gasteiger partial charge in [0, 0.05) is 6.54 Å². The van der Waals surface area contributed by atoms with E-state index in [0.717, 1.165) is 23.5 Å². The molecule has 3 heteroatoms. The molecule has 1 aromatic heterocycles. The van der Waals surface area contributed by atoms with Crippen molar-refractivity contribution in [1.29, 1.82) is 0 Å². The van der Waals surface area contributed by atoms with Crippen molar-refractivity contribution in [3.05, 3.63) is 36.9 Å². The lowest BCUT2D eigenvalue weighted by atomic mass is 10.3. The van der Waals surface area contributed by atoms with Crippen LogP contribution in [-0.2, 0) is 0 Å². The van der Waals surface area contributed by atoms with Crippen molar-refractivity contribution in [3.8, 4) is 0 Å². The molecule has 66 valence electrons. The zero-order valence-electron chi connectivity index (χ0n) is 7.25. The van der Waals surface area contributed by atoms with Gasteiger partial charge >= 0.3 is 0 Å². The van der Waals surface area contributed by atoms with Crippen LogP contribution in [0.3, 0.4) is 0 Å². The van der Waals surface area contributed by atoms with E-state index in [4.69, 9.17) is 0 Å². The predicted molar refractivity (Wildman–Crippen MR) is 54.8 cm³/mol. The highest BCUT2D eigenvalue weighted by molar-refractivity contribution is 5.77. The summed E-state index contributed by atoms with van der Waals surface area (Å²) in [4.78, 5) is 7.50. The number of hydrogen-bond acceptors (Lipinski definition) is 2. The number of fused-ring (bicyclic) bond motifs is 1. The van der Waals surface area contributed by atoms with E-state index in [9.17, 15) is 0 Å². The lowest BCUT2D eigenvalue weighted by molar-refractivity contribution is 1.22. The highest BCUT2D eigenvalue weighted by atomic mass is 15.1. The maximum atomic E-state index is 4.34. The van der Waals surface area contributed by atoms with Crippen molar-refractivity contribution < 1.29 is 0 Å². The van der Waals surface area contributed by atoms with Crippen molar-refractivity contribution in [2.24, 2.45) is 0 Å². The lowest BCUT2D eigenvalue weighted by Crippen LogP contribution is -1.98. The first-order chi connectivity index (χ1) is 6.40. The normalized spacial score (nSPS) is 10.2. The number of hydrogen-bond donors (Lipinski definition) is 2. The van der Waals surface area contributed by atoms with Gasteiger partial charge in [0.1, 0.15) is 0 Å². The molecule has 0 atom stereocenters. The molecule has 0 aliphatic rings. The highest BCUT2D eigenvalue weighted by Gasteiger charge is 1.98. The third-order valence-corrected chi connectivity index (χ3v) is 1.80. The number of imidazole rings is 1. The van der Waals surface area contributed by atoms with E-state index in [-0.39, 0.29) is 0 Å². The first-order valence-corrected chi connectivity index (χ1v) is 4.19. The van der Waals surface area contributed by atoms with Crippen LogP contribution in [0, 0.1) is 0 Å². The van der Waals surface area contributed by atoms with Crippen molar-refractivity contribution in [3.63, 3.8) is 0 Å². The number of nitrogens with zero attached hydrogens (tertiary/aromatic N) is 1. The second kappa shape index (κ2) is 3.31. The van der Waals surface area contributed by atoms with E-state index >= 15 is 0 Å². The van der Waals surface area contributed by atoms with Gasteiger partial charge in [0.2, 0.25) is 5.95 Å². The lowest BCUT2D eigenvalue weighted by Gasteiger charge is -1.94. The van der Waals surface area contributed by atoms with E-state index in [0.29, 0.717) is 0 Å². The number of H-pyrrole nitrogens is 1. The van der Waals surface area contributed by atoms with Gasteiger partial charge in [-0.2, -0.15) is 0 Å². The molecule has 0 bridgehead atoms. The second-order valence-electron chi connectivity index (χ2n) is 2.77. The van der Waals surface area contributed by atoms with E-state index < -0.39 is 0 Å². The van der Waals surface area contributed by atoms with E-state index in [2.05, 4.69) is 21.9 Å². The van der Waals surface area contributed by atoms with Gasteiger partial charge in [0.15, 0.2) is 0 Å². The third kappa shape index (κ3) is 1.54. The van der Waals surface area contributed by atoms with Crippen LogP contribution in [0.1, 0.15) is 0 Å². The average molecular weight is 173 g/mol. The minimum atomic E-state index is 0.722. The fourth-order valence-electron chi connectivity index (χ4n) is 1.21. The number of rotatable bonds is 3. The first-order valence-electron chi connectivity index (χ1n) is 4.19. The number of nitrogens with one attached hydrogen (secondary N) is 2. The van der Waals surface area contributed by atoms with Gasteiger partial charge in [-0.05, 0) is 12.1 Å². The Balaban J connectivity index is 2.32. The molecule has 0 saturated heterocycles. The number of para-hydroxylation sites is 2. The molecule has 3 nitrogen and oxygen atoms in total. The standard InChI is InChI=1S/C10H11N3/c1-2-7-11-10-12-8-5-3-4-6-9(8)13-10/h2-6H,1,7H2,(H2,11,12,13). The quantitative estimate of drug-likeness (QED) is 0.698. The molecule has 1 aromatic carbocycles. The summed E-state index contributed by atoms with van der Waals surface area (Å²) in [6, 6.07) is 7.94. The van der Waals surface area contributed by atoms with Crippen LogP contribution < -0.4 is 5.32 Å². The molecule has 0 radical (unpaired) electrons. The Hall–Kier alpha value is -1.77. The monoisotopic (exact) mass is 173 g/mol. The second-order valence-corrected chi connectivity index (χ2v) is 2.77. The van der Waals surface area contributed by atoms with Crippen LogP contribution in [0.2, 0.25) is 0 Å². The third-order valence-electron chi connectivity index (χ3n) is 1.80. The van der Waals surface area contributed by atoms with Gasteiger partial charge in [-0.1, -0.05) is 18.2 Å². The molecule has 2 rings (SSSR count). The van der Waals surface area contributed by atoms with Gasteiger partial charge < -0.3 is 10.3 Å². The summed E-state index contributed by atoms with van der Waals surface area (Å²) in [5.74, 6) is 0.793. The maximum absolute atomic E-state index is 4.34. The molecule has 13 heavy (non-hydrogen) atoms. The summed E-state index contributed by atoms with van der Waals surface area (Å²) in [6.07, 6.45) is 1.80. The molecular weight excluding hydrogens is 162 g/mol. The van der Waals surface area contributed by atoms with Gasteiger partial charge in [0.25, 0.3) is 0 Å². The largest absolute Gasteiger partial charge is 0.352 e. The van der Waals surface area contributed by atoms with Crippen LogP contribution in [0.25, 0.3) is 11.0 Å². The number of benzene rings is 1. The summed E-state index contributed by atoms with van der Waals surface area (Å²) in [7, 11) is 0. The Kier molecular flexibility index (Phi) is 2.00. The van der Waals surface area contributed by atoms with Crippen LogP contribution in [0.15, 0.2) is 36.9 Å². The maximum Gasteiger partial charge on any atom is 0.201 e. The molecule has 1 heterocycles. The van der Waals surface area contributed by atoms with Crippen LogP contribution in [-0.4, -0.2) is 16.5 Å². The van der Waals surface area contributed by atoms with Gasteiger partial charge in [-0.3, -0.25) is 0 Å². The molecule has 0 aliphatic heterocycles. The molecule has 0 unspecified atom stereocenters. The fourth-order valence-corrected chi connectivity index (χ4v) is 1.21. The molecule has 0 fully saturated rings. The number of aromatic nitrogens is 2. The summed E-state index contributed by atoms with van der Waals surface area (Å²) >= 11 is 0. The molecular formula is C10H11N3. The smallest absolute Gasteiger partial charge is 0.201 e. The van der Waals surface area contributed by atoms with E-state index in [1.165, 1.54) is 0 Å². The Labute approximate surface area is 76.5 Å². The van der Waals surface area contributed by atoms with Crippen molar-refractivity contribution in [2.75, 3.05) is 11.9 Å². The van der Waals surface area contributed by atoms with E-state index in [1.54, 1.807) is 6.08 Å².